The summed E-state index contributed by atoms with van der Waals surface area (Å²) in [6.07, 6.45) is 8.26. The van der Waals surface area contributed by atoms with Crippen LogP contribution in [0, 0.1) is 16.7 Å². The Labute approximate surface area is 167 Å². The minimum absolute atomic E-state index is 0.326. The molecule has 4 saturated carbocycles. The van der Waals surface area contributed by atoms with Gasteiger partial charge in [0.2, 0.25) is 0 Å². The van der Waals surface area contributed by atoms with E-state index < -0.39 is 0 Å². The van der Waals surface area contributed by atoms with Crippen molar-refractivity contribution in [2.45, 2.75) is 57.8 Å². The molecule has 4 aliphatic rings. The van der Waals surface area contributed by atoms with Crippen LogP contribution in [0.2, 0.25) is 5.02 Å². The van der Waals surface area contributed by atoms with E-state index in [4.69, 9.17) is 17.3 Å². The number of nitrogens with two attached hydrogens (primary N) is 1. The van der Waals surface area contributed by atoms with Crippen molar-refractivity contribution in [2.24, 2.45) is 16.7 Å². The first-order chi connectivity index (χ1) is 12.8. The molecule has 0 aromatic heterocycles. The Bertz CT molecular complexity index is 870. The van der Waals surface area contributed by atoms with Gasteiger partial charge in [0.1, 0.15) is 0 Å². The second kappa shape index (κ2) is 5.67. The molecule has 2 aromatic rings. The summed E-state index contributed by atoms with van der Waals surface area (Å²) in [6, 6.07) is 14.5. The summed E-state index contributed by atoms with van der Waals surface area (Å²) in [5, 5.41) is 4.24. The van der Waals surface area contributed by atoms with Crippen LogP contribution in [0.5, 0.6) is 0 Å². The van der Waals surface area contributed by atoms with Gasteiger partial charge >= 0.3 is 0 Å². The second-order valence-electron chi connectivity index (χ2n) is 10.4. The normalized spacial score (nSPS) is 36.8. The molecule has 0 radical (unpaired) electrons. The van der Waals surface area contributed by atoms with E-state index in [1.165, 1.54) is 44.1 Å². The van der Waals surface area contributed by atoms with Crippen molar-refractivity contribution in [1.82, 2.24) is 0 Å². The van der Waals surface area contributed by atoms with Crippen LogP contribution >= 0.6 is 11.6 Å². The molecule has 0 saturated heterocycles. The fourth-order valence-electron chi connectivity index (χ4n) is 7.44. The maximum absolute atomic E-state index is 6.73. The van der Waals surface area contributed by atoms with Gasteiger partial charge in [0, 0.05) is 11.4 Å². The van der Waals surface area contributed by atoms with Crippen molar-refractivity contribution < 1.29 is 0 Å². The first kappa shape index (κ1) is 17.4. The van der Waals surface area contributed by atoms with E-state index in [1.54, 1.807) is 0 Å². The SMILES string of the molecule is CC12CC3CC(C)(C1)CC(c1ccc(Nc4ccc(N)cc4)c(Cl)c1)(C3)C2. The summed E-state index contributed by atoms with van der Waals surface area (Å²) in [4.78, 5) is 0. The summed E-state index contributed by atoms with van der Waals surface area (Å²) in [7, 11) is 0. The highest BCUT2D eigenvalue weighted by molar-refractivity contribution is 6.33. The molecule has 4 fully saturated rings. The Hall–Kier alpha value is -1.67. The van der Waals surface area contributed by atoms with Crippen LogP contribution in [0.15, 0.2) is 42.5 Å². The lowest BCUT2D eigenvalue weighted by Gasteiger charge is -2.65. The van der Waals surface area contributed by atoms with Crippen LogP contribution in [0.25, 0.3) is 0 Å². The average Bonchev–Trinajstić information content (AvgIpc) is 2.55. The molecule has 142 valence electrons. The van der Waals surface area contributed by atoms with Gasteiger partial charge in [0.15, 0.2) is 0 Å². The number of nitrogens with one attached hydrogen (secondary N) is 1. The lowest BCUT2D eigenvalue weighted by Crippen LogP contribution is -2.56. The topological polar surface area (TPSA) is 38.0 Å². The molecule has 3 heteroatoms. The van der Waals surface area contributed by atoms with Gasteiger partial charge < -0.3 is 11.1 Å². The lowest BCUT2D eigenvalue weighted by molar-refractivity contribution is -0.109. The van der Waals surface area contributed by atoms with Crippen LogP contribution in [0.1, 0.15) is 57.9 Å². The highest BCUT2D eigenvalue weighted by Gasteiger charge is 2.60. The molecule has 6 rings (SSSR count). The van der Waals surface area contributed by atoms with Crippen LogP contribution < -0.4 is 11.1 Å². The van der Waals surface area contributed by atoms with Crippen molar-refractivity contribution in [3.05, 3.63) is 53.1 Å². The zero-order valence-corrected chi connectivity index (χ0v) is 17.1. The predicted molar refractivity (Wildman–Crippen MR) is 115 cm³/mol. The van der Waals surface area contributed by atoms with E-state index in [0.29, 0.717) is 16.2 Å². The smallest absolute Gasteiger partial charge is 0.0643 e. The van der Waals surface area contributed by atoms with Crippen LogP contribution in [0.4, 0.5) is 17.1 Å². The van der Waals surface area contributed by atoms with Gasteiger partial charge in [-0.25, -0.2) is 0 Å². The minimum atomic E-state index is 0.326. The van der Waals surface area contributed by atoms with E-state index in [1.807, 2.05) is 24.3 Å². The van der Waals surface area contributed by atoms with E-state index >= 15 is 0 Å². The Morgan fingerprint density at radius 3 is 2.19 bits per heavy atom. The third kappa shape index (κ3) is 2.93. The molecule has 2 atom stereocenters. The fourth-order valence-corrected chi connectivity index (χ4v) is 7.67. The van der Waals surface area contributed by atoms with Crippen LogP contribution in [-0.4, -0.2) is 0 Å². The molecule has 27 heavy (non-hydrogen) atoms. The molecule has 4 aliphatic carbocycles. The number of benzene rings is 2. The first-order valence-corrected chi connectivity index (χ1v) is 10.6. The van der Waals surface area contributed by atoms with Gasteiger partial charge in [-0.05, 0) is 103 Å². The van der Waals surface area contributed by atoms with Crippen LogP contribution in [0.3, 0.4) is 0 Å². The fraction of sp³-hybridized carbons (Fsp3) is 0.500. The van der Waals surface area contributed by atoms with Crippen molar-refractivity contribution in [2.75, 3.05) is 11.1 Å². The second-order valence-corrected chi connectivity index (χ2v) is 10.8. The monoisotopic (exact) mass is 380 g/mol. The van der Waals surface area contributed by atoms with Gasteiger partial charge in [-0.15, -0.1) is 0 Å². The van der Waals surface area contributed by atoms with Crippen molar-refractivity contribution >= 4 is 28.7 Å². The summed E-state index contributed by atoms with van der Waals surface area (Å²) >= 11 is 6.73. The van der Waals surface area contributed by atoms with Crippen molar-refractivity contribution in [3.8, 4) is 0 Å². The highest BCUT2D eigenvalue weighted by Crippen LogP contribution is 2.69. The summed E-state index contributed by atoms with van der Waals surface area (Å²) in [6.45, 7) is 5.06. The Kier molecular flexibility index (Phi) is 3.66. The van der Waals surface area contributed by atoms with Gasteiger partial charge in [-0.3, -0.25) is 0 Å². The molecule has 4 bridgehead atoms. The maximum Gasteiger partial charge on any atom is 0.0643 e. The number of anilines is 3. The number of hydrogen-bond donors (Lipinski definition) is 2. The predicted octanol–water partition coefficient (Wildman–Crippen LogP) is 6.91. The number of halogens is 1. The largest absolute Gasteiger partial charge is 0.399 e. The first-order valence-electron chi connectivity index (χ1n) is 10.2. The zero-order valence-electron chi connectivity index (χ0n) is 16.3. The molecule has 0 aliphatic heterocycles. The highest BCUT2D eigenvalue weighted by atomic mass is 35.5. The maximum atomic E-state index is 6.73. The summed E-state index contributed by atoms with van der Waals surface area (Å²) in [5.41, 5.74) is 11.3. The van der Waals surface area contributed by atoms with E-state index in [9.17, 15) is 0 Å². The molecular formula is C24H29ClN2. The van der Waals surface area contributed by atoms with Gasteiger partial charge in [0.25, 0.3) is 0 Å². The average molecular weight is 381 g/mol. The molecular weight excluding hydrogens is 352 g/mol. The van der Waals surface area contributed by atoms with E-state index in [-0.39, 0.29) is 0 Å². The Balaban J connectivity index is 1.46. The van der Waals surface area contributed by atoms with E-state index in [0.717, 1.165) is 28.0 Å². The summed E-state index contributed by atoms with van der Waals surface area (Å²) < 4.78 is 0. The molecule has 3 N–H and O–H groups in total. The minimum Gasteiger partial charge on any atom is -0.399 e. The zero-order chi connectivity index (χ0) is 18.9. The molecule has 2 unspecified atom stereocenters. The third-order valence-corrected chi connectivity index (χ3v) is 7.71. The number of hydrogen-bond acceptors (Lipinski definition) is 2. The molecule has 2 nitrogen and oxygen atoms in total. The van der Waals surface area contributed by atoms with Crippen LogP contribution in [-0.2, 0) is 5.41 Å². The van der Waals surface area contributed by atoms with Gasteiger partial charge in [-0.1, -0.05) is 31.5 Å². The summed E-state index contributed by atoms with van der Waals surface area (Å²) in [5.74, 6) is 0.891. The third-order valence-electron chi connectivity index (χ3n) is 7.40. The Morgan fingerprint density at radius 2 is 1.59 bits per heavy atom. The van der Waals surface area contributed by atoms with Gasteiger partial charge in [-0.2, -0.15) is 0 Å². The lowest BCUT2D eigenvalue weighted by atomic mass is 9.39. The van der Waals surface area contributed by atoms with E-state index in [2.05, 4.69) is 37.4 Å². The molecule has 0 amide bonds. The molecule has 2 aromatic carbocycles. The Morgan fingerprint density at radius 1 is 0.926 bits per heavy atom. The standard InChI is InChI=1S/C24H29ClN2/c1-22-10-16-11-23(2,13-22)15-24(12-16,14-22)17-3-8-21(20(25)9-17)27-19-6-4-18(26)5-7-19/h3-9,16,27H,10-15,26H2,1-2H3. The number of rotatable bonds is 3. The molecule has 0 spiro atoms. The number of nitrogen functional groups attached to an aromatic ring is 1. The van der Waals surface area contributed by atoms with Gasteiger partial charge in [0.05, 0.1) is 10.7 Å². The quantitative estimate of drug-likeness (QED) is 0.567. The van der Waals surface area contributed by atoms with Crippen molar-refractivity contribution in [1.29, 1.82) is 0 Å². The van der Waals surface area contributed by atoms with Crippen molar-refractivity contribution in [3.63, 3.8) is 0 Å². The molecule has 0 heterocycles.